The van der Waals surface area contributed by atoms with E-state index >= 15 is 0 Å². The van der Waals surface area contributed by atoms with Crippen molar-refractivity contribution in [2.24, 2.45) is 0 Å². The minimum absolute atomic E-state index is 0.0323. The van der Waals surface area contributed by atoms with Crippen LogP contribution >= 0.6 is 0 Å². The van der Waals surface area contributed by atoms with Crippen molar-refractivity contribution in [2.75, 3.05) is 6.61 Å². The van der Waals surface area contributed by atoms with Crippen LogP contribution in [0, 0.1) is 11.3 Å². The molecule has 2 aromatic carbocycles. The van der Waals surface area contributed by atoms with Crippen LogP contribution in [0.15, 0.2) is 54.6 Å². The predicted molar refractivity (Wildman–Crippen MR) is 78.0 cm³/mol. The van der Waals surface area contributed by atoms with E-state index in [0.717, 1.165) is 0 Å². The first-order chi connectivity index (χ1) is 10.2. The topological polar surface area (TPSA) is 70.3 Å². The summed E-state index contributed by atoms with van der Waals surface area (Å²) in [6, 6.07) is 17.6. The molecule has 0 amide bonds. The van der Waals surface area contributed by atoms with Gasteiger partial charge < -0.3 is 9.84 Å². The number of nitriles is 1. The maximum atomic E-state index is 12.2. The molecule has 0 bridgehead atoms. The maximum Gasteiger partial charge on any atom is 0.193 e. The first-order valence-corrected chi connectivity index (χ1v) is 6.58. The number of ether oxygens (including phenoxy) is 1. The Bertz CT molecular complexity index is 629. The number of nitrogens with zero attached hydrogens (tertiary/aromatic N) is 1. The summed E-state index contributed by atoms with van der Waals surface area (Å²) in [7, 11) is 0. The van der Waals surface area contributed by atoms with Gasteiger partial charge in [0.2, 0.25) is 0 Å². The highest BCUT2D eigenvalue weighted by Crippen LogP contribution is 2.15. The summed E-state index contributed by atoms with van der Waals surface area (Å²) >= 11 is 0. The van der Waals surface area contributed by atoms with E-state index in [9.17, 15) is 9.90 Å². The molecular weight excluding hydrogens is 266 g/mol. The van der Waals surface area contributed by atoms with Crippen LogP contribution in [0.4, 0.5) is 0 Å². The number of aliphatic hydroxyl groups is 1. The highest BCUT2D eigenvalue weighted by molar-refractivity contribution is 6.08. The standard InChI is InChI=1S/C17H15NO3/c18-11-10-15(19)12-21-16-8-6-14(7-9-16)17(20)13-4-2-1-3-5-13/h1-9,15,19H,10,12H2/t15-/m1/s1. The predicted octanol–water partition coefficient (Wildman–Crippen LogP) is 2.57. The normalized spacial score (nSPS) is 11.4. The minimum Gasteiger partial charge on any atom is -0.491 e. The molecule has 0 radical (unpaired) electrons. The number of benzene rings is 2. The average Bonchev–Trinajstić information content (AvgIpc) is 2.54. The van der Waals surface area contributed by atoms with Crippen LogP contribution in [0.5, 0.6) is 5.75 Å². The first-order valence-electron chi connectivity index (χ1n) is 6.58. The molecular formula is C17H15NO3. The lowest BCUT2D eigenvalue weighted by Gasteiger charge is -2.09. The van der Waals surface area contributed by atoms with E-state index in [4.69, 9.17) is 10.00 Å². The van der Waals surface area contributed by atoms with Gasteiger partial charge in [0.15, 0.2) is 5.78 Å². The Kier molecular flexibility index (Phi) is 5.08. The zero-order valence-corrected chi connectivity index (χ0v) is 11.4. The van der Waals surface area contributed by atoms with Crippen LogP contribution in [0.1, 0.15) is 22.3 Å². The van der Waals surface area contributed by atoms with Crippen LogP contribution in [0.3, 0.4) is 0 Å². The monoisotopic (exact) mass is 281 g/mol. The molecule has 2 rings (SSSR count). The molecule has 106 valence electrons. The van der Waals surface area contributed by atoms with Crippen molar-refractivity contribution in [2.45, 2.75) is 12.5 Å². The maximum absolute atomic E-state index is 12.2. The number of carbonyl (C=O) groups excluding carboxylic acids is 1. The molecule has 0 heterocycles. The van der Waals surface area contributed by atoms with E-state index in [0.29, 0.717) is 16.9 Å². The van der Waals surface area contributed by atoms with Crippen molar-refractivity contribution in [1.82, 2.24) is 0 Å². The fourth-order valence-electron chi connectivity index (χ4n) is 1.82. The van der Waals surface area contributed by atoms with Crippen molar-refractivity contribution < 1.29 is 14.6 Å². The number of carbonyl (C=O) groups is 1. The third kappa shape index (κ3) is 4.16. The summed E-state index contributed by atoms with van der Waals surface area (Å²) in [6.07, 6.45) is -0.773. The number of aliphatic hydroxyl groups excluding tert-OH is 1. The molecule has 1 N–H and O–H groups in total. The zero-order valence-electron chi connectivity index (χ0n) is 11.4. The molecule has 2 aromatic rings. The Labute approximate surface area is 123 Å². The van der Waals surface area contributed by atoms with Crippen molar-refractivity contribution in [3.63, 3.8) is 0 Å². The van der Waals surface area contributed by atoms with Crippen molar-refractivity contribution >= 4 is 5.78 Å². The van der Waals surface area contributed by atoms with E-state index in [1.165, 1.54) is 0 Å². The summed E-state index contributed by atoms with van der Waals surface area (Å²) in [4.78, 5) is 12.2. The number of hydrogen-bond acceptors (Lipinski definition) is 4. The molecule has 0 aliphatic heterocycles. The van der Waals surface area contributed by atoms with Gasteiger partial charge in [-0.3, -0.25) is 4.79 Å². The van der Waals surface area contributed by atoms with E-state index < -0.39 is 6.10 Å². The quantitative estimate of drug-likeness (QED) is 0.826. The largest absolute Gasteiger partial charge is 0.491 e. The second-order valence-electron chi connectivity index (χ2n) is 4.55. The van der Waals surface area contributed by atoms with Crippen LogP contribution in [-0.2, 0) is 0 Å². The second-order valence-corrected chi connectivity index (χ2v) is 4.55. The van der Waals surface area contributed by atoms with Gasteiger partial charge in [0.25, 0.3) is 0 Å². The Morgan fingerprint density at radius 3 is 2.33 bits per heavy atom. The summed E-state index contributed by atoms with van der Waals surface area (Å²) in [5.41, 5.74) is 1.21. The van der Waals surface area contributed by atoms with Gasteiger partial charge >= 0.3 is 0 Å². The molecule has 4 heteroatoms. The van der Waals surface area contributed by atoms with Crippen molar-refractivity contribution in [1.29, 1.82) is 5.26 Å². The Morgan fingerprint density at radius 1 is 1.10 bits per heavy atom. The molecule has 0 unspecified atom stereocenters. The van der Waals surface area contributed by atoms with Crippen molar-refractivity contribution in [3.8, 4) is 11.8 Å². The van der Waals surface area contributed by atoms with E-state index in [2.05, 4.69) is 0 Å². The fourth-order valence-corrected chi connectivity index (χ4v) is 1.82. The molecule has 4 nitrogen and oxygen atoms in total. The summed E-state index contributed by atoms with van der Waals surface area (Å²) in [5, 5.41) is 17.8. The van der Waals surface area contributed by atoms with Gasteiger partial charge in [0, 0.05) is 11.1 Å². The lowest BCUT2D eigenvalue weighted by molar-refractivity contribution is 0.103. The van der Waals surface area contributed by atoms with Crippen LogP contribution in [-0.4, -0.2) is 23.6 Å². The van der Waals surface area contributed by atoms with Gasteiger partial charge in [-0.2, -0.15) is 5.26 Å². The molecule has 1 atom stereocenters. The van der Waals surface area contributed by atoms with Crippen LogP contribution in [0.25, 0.3) is 0 Å². The van der Waals surface area contributed by atoms with Gasteiger partial charge in [-0.25, -0.2) is 0 Å². The number of ketones is 1. The smallest absolute Gasteiger partial charge is 0.193 e. The third-order valence-corrected chi connectivity index (χ3v) is 2.92. The average molecular weight is 281 g/mol. The molecule has 0 spiro atoms. The van der Waals surface area contributed by atoms with Crippen molar-refractivity contribution in [3.05, 3.63) is 65.7 Å². The SMILES string of the molecule is N#CC[C@@H](O)COc1ccc(C(=O)c2ccccc2)cc1. The highest BCUT2D eigenvalue weighted by Gasteiger charge is 2.09. The van der Waals surface area contributed by atoms with Crippen LogP contribution in [0.2, 0.25) is 0 Å². The zero-order chi connectivity index (χ0) is 15.1. The molecule has 0 fully saturated rings. The molecule has 0 aliphatic carbocycles. The molecule has 21 heavy (non-hydrogen) atoms. The minimum atomic E-state index is -0.805. The Hall–Kier alpha value is -2.64. The molecule has 0 saturated carbocycles. The van der Waals surface area contributed by atoms with E-state index in [-0.39, 0.29) is 18.8 Å². The highest BCUT2D eigenvalue weighted by atomic mass is 16.5. The Balaban J connectivity index is 1.99. The summed E-state index contributed by atoms with van der Waals surface area (Å²) in [5.74, 6) is 0.503. The molecule has 0 aromatic heterocycles. The first kappa shape index (κ1) is 14.8. The van der Waals surface area contributed by atoms with Gasteiger partial charge in [0.1, 0.15) is 18.5 Å². The number of rotatable bonds is 6. The third-order valence-electron chi connectivity index (χ3n) is 2.92. The summed E-state index contributed by atoms with van der Waals surface area (Å²) < 4.78 is 5.35. The molecule has 0 aliphatic rings. The number of hydrogen-bond donors (Lipinski definition) is 1. The fraction of sp³-hybridized carbons (Fsp3) is 0.176. The molecule has 0 saturated heterocycles. The van der Waals surface area contributed by atoms with Gasteiger partial charge in [-0.15, -0.1) is 0 Å². The summed E-state index contributed by atoms with van der Waals surface area (Å²) in [6.45, 7) is 0.0551. The Morgan fingerprint density at radius 2 is 1.71 bits per heavy atom. The second kappa shape index (κ2) is 7.22. The van der Waals surface area contributed by atoms with Gasteiger partial charge in [-0.05, 0) is 24.3 Å². The van der Waals surface area contributed by atoms with E-state index in [1.54, 1.807) is 36.4 Å². The lowest BCUT2D eigenvalue weighted by atomic mass is 10.0. The van der Waals surface area contributed by atoms with Gasteiger partial charge in [-0.1, -0.05) is 30.3 Å². The van der Waals surface area contributed by atoms with Gasteiger partial charge in [0.05, 0.1) is 12.5 Å². The van der Waals surface area contributed by atoms with E-state index in [1.807, 2.05) is 24.3 Å². The van der Waals surface area contributed by atoms with Crippen LogP contribution < -0.4 is 4.74 Å². The lowest BCUT2D eigenvalue weighted by Crippen LogP contribution is -2.16.